The molecule has 0 spiro atoms. The molecule has 1 amide bonds. The molecule has 0 unspecified atom stereocenters. The third-order valence-electron chi connectivity index (χ3n) is 2.64. The van der Waals surface area contributed by atoms with Crippen molar-refractivity contribution in [1.82, 2.24) is 20.2 Å². The maximum Gasteiger partial charge on any atom is 0.238 e. The fourth-order valence-corrected chi connectivity index (χ4v) is 1.79. The minimum Gasteiger partial charge on any atom is -0.314 e. The molecule has 0 saturated heterocycles. The normalized spacial score (nSPS) is 20.3. The first-order chi connectivity index (χ1) is 6.72. The summed E-state index contributed by atoms with van der Waals surface area (Å²) in [5.74, 6) is 6.75. The summed E-state index contributed by atoms with van der Waals surface area (Å²) >= 11 is 0. The lowest BCUT2D eigenvalue weighted by Crippen LogP contribution is -2.39. The van der Waals surface area contributed by atoms with Crippen molar-refractivity contribution < 1.29 is 4.79 Å². The summed E-state index contributed by atoms with van der Waals surface area (Å²) in [4.78, 5) is 11.3. The van der Waals surface area contributed by atoms with Crippen molar-refractivity contribution in [2.45, 2.75) is 26.3 Å². The van der Waals surface area contributed by atoms with Crippen LogP contribution in [0.4, 0.5) is 0 Å². The molecule has 0 bridgehead atoms. The van der Waals surface area contributed by atoms with E-state index >= 15 is 0 Å². The van der Waals surface area contributed by atoms with Gasteiger partial charge in [-0.2, -0.15) is 0 Å². The van der Waals surface area contributed by atoms with E-state index in [-0.39, 0.29) is 11.8 Å². The fourth-order valence-electron chi connectivity index (χ4n) is 1.79. The Hall–Kier alpha value is -1.43. The zero-order valence-corrected chi connectivity index (χ0v) is 8.03. The van der Waals surface area contributed by atoms with Gasteiger partial charge in [-0.15, -0.1) is 10.2 Å². The molecule has 0 aliphatic carbocycles. The quantitative estimate of drug-likeness (QED) is 0.347. The number of hydrogen-bond acceptors (Lipinski definition) is 4. The molecule has 14 heavy (non-hydrogen) atoms. The third-order valence-corrected chi connectivity index (χ3v) is 2.64. The molecule has 0 fully saturated rings. The Labute approximate surface area is 81.5 Å². The molecule has 1 aliphatic rings. The van der Waals surface area contributed by atoms with Crippen molar-refractivity contribution in [3.05, 3.63) is 11.6 Å². The Kier molecular flexibility index (Phi) is 2.20. The topological polar surface area (TPSA) is 85.8 Å². The van der Waals surface area contributed by atoms with E-state index in [1.165, 1.54) is 0 Å². The van der Waals surface area contributed by atoms with Gasteiger partial charge >= 0.3 is 0 Å². The molecule has 3 N–H and O–H groups in total. The van der Waals surface area contributed by atoms with Crippen LogP contribution in [0.1, 0.15) is 18.1 Å². The lowest BCUT2D eigenvalue weighted by Gasteiger charge is -2.22. The Morgan fingerprint density at radius 1 is 1.64 bits per heavy atom. The van der Waals surface area contributed by atoms with Gasteiger partial charge in [-0.25, -0.2) is 5.84 Å². The van der Waals surface area contributed by atoms with Crippen molar-refractivity contribution in [1.29, 1.82) is 0 Å². The van der Waals surface area contributed by atoms with Gasteiger partial charge < -0.3 is 4.57 Å². The van der Waals surface area contributed by atoms with Crippen molar-refractivity contribution in [2.75, 3.05) is 0 Å². The number of fused-ring (bicyclic) bond motifs is 1. The smallest absolute Gasteiger partial charge is 0.238 e. The van der Waals surface area contributed by atoms with Crippen LogP contribution in [-0.4, -0.2) is 20.7 Å². The predicted octanol–water partition coefficient (Wildman–Crippen LogP) is -0.861. The number of aromatic nitrogens is 3. The number of aryl methyl sites for hydroxylation is 2. The van der Waals surface area contributed by atoms with Gasteiger partial charge in [0.15, 0.2) is 0 Å². The summed E-state index contributed by atoms with van der Waals surface area (Å²) in [7, 11) is 0. The average molecular weight is 195 g/mol. The molecule has 0 saturated carbocycles. The Bertz CT molecular complexity index is 359. The first-order valence-electron chi connectivity index (χ1n) is 4.61. The summed E-state index contributed by atoms with van der Waals surface area (Å²) in [6, 6.07) is 0. The van der Waals surface area contributed by atoms with Crippen molar-refractivity contribution in [3.8, 4) is 0 Å². The highest BCUT2D eigenvalue weighted by molar-refractivity contribution is 5.78. The Morgan fingerprint density at radius 3 is 3.14 bits per heavy atom. The number of nitrogens with one attached hydrogen (secondary N) is 1. The summed E-state index contributed by atoms with van der Waals surface area (Å²) in [5, 5.41) is 7.99. The summed E-state index contributed by atoms with van der Waals surface area (Å²) in [6.45, 7) is 2.52. The second-order valence-corrected chi connectivity index (χ2v) is 3.52. The number of hydrogen-bond donors (Lipinski definition) is 2. The summed E-state index contributed by atoms with van der Waals surface area (Å²) < 4.78 is 1.98. The molecular weight excluding hydrogens is 182 g/mol. The van der Waals surface area contributed by atoms with Crippen LogP contribution in [0.25, 0.3) is 0 Å². The van der Waals surface area contributed by atoms with Crippen LogP contribution in [0.3, 0.4) is 0 Å². The predicted molar refractivity (Wildman–Crippen MR) is 48.9 cm³/mol. The molecule has 76 valence electrons. The van der Waals surface area contributed by atoms with Gasteiger partial charge in [0.05, 0.1) is 5.92 Å². The second-order valence-electron chi connectivity index (χ2n) is 3.52. The highest BCUT2D eigenvalue weighted by Gasteiger charge is 2.25. The zero-order chi connectivity index (χ0) is 10.1. The number of hydrazine groups is 1. The van der Waals surface area contributed by atoms with Gasteiger partial charge in [-0.05, 0) is 13.3 Å². The zero-order valence-electron chi connectivity index (χ0n) is 8.03. The van der Waals surface area contributed by atoms with Gasteiger partial charge in [0.1, 0.15) is 11.6 Å². The molecule has 0 aromatic carbocycles. The second kappa shape index (κ2) is 3.38. The van der Waals surface area contributed by atoms with Crippen LogP contribution in [0.5, 0.6) is 0 Å². The maximum absolute atomic E-state index is 11.3. The number of nitrogens with two attached hydrogens (primary N) is 1. The van der Waals surface area contributed by atoms with Crippen LogP contribution in [-0.2, 0) is 17.8 Å². The van der Waals surface area contributed by atoms with E-state index in [1.807, 2.05) is 11.5 Å². The summed E-state index contributed by atoms with van der Waals surface area (Å²) in [6.07, 6.45) is 1.58. The Balaban J connectivity index is 2.20. The molecule has 2 rings (SSSR count). The van der Waals surface area contributed by atoms with E-state index in [4.69, 9.17) is 5.84 Å². The van der Waals surface area contributed by atoms with E-state index in [1.54, 1.807) is 0 Å². The highest BCUT2D eigenvalue weighted by atomic mass is 16.2. The molecular formula is C8H13N5O. The maximum atomic E-state index is 11.3. The number of carbonyl (C=O) groups is 1. The van der Waals surface area contributed by atoms with Crippen molar-refractivity contribution in [2.24, 2.45) is 11.8 Å². The van der Waals surface area contributed by atoms with Crippen molar-refractivity contribution >= 4 is 5.91 Å². The van der Waals surface area contributed by atoms with Crippen LogP contribution >= 0.6 is 0 Å². The molecule has 1 aromatic rings. The molecule has 0 radical (unpaired) electrons. The van der Waals surface area contributed by atoms with Crippen LogP contribution in [0.15, 0.2) is 0 Å². The molecule has 2 heterocycles. The fraction of sp³-hybridized carbons (Fsp3) is 0.625. The van der Waals surface area contributed by atoms with Crippen LogP contribution in [0, 0.1) is 12.8 Å². The Morgan fingerprint density at radius 2 is 2.43 bits per heavy atom. The minimum absolute atomic E-state index is 0.0535. The molecule has 1 aliphatic heterocycles. The van der Waals surface area contributed by atoms with Gasteiger partial charge in [0, 0.05) is 13.0 Å². The first-order valence-corrected chi connectivity index (χ1v) is 4.61. The number of rotatable bonds is 1. The van der Waals surface area contributed by atoms with E-state index in [2.05, 4.69) is 15.6 Å². The van der Waals surface area contributed by atoms with E-state index in [0.29, 0.717) is 6.54 Å². The highest BCUT2D eigenvalue weighted by Crippen LogP contribution is 2.19. The number of amides is 1. The minimum atomic E-state index is -0.108. The van der Waals surface area contributed by atoms with E-state index in [0.717, 1.165) is 24.5 Å². The summed E-state index contributed by atoms with van der Waals surface area (Å²) in [5.41, 5.74) is 2.18. The monoisotopic (exact) mass is 195 g/mol. The average Bonchev–Trinajstić information content (AvgIpc) is 2.59. The van der Waals surface area contributed by atoms with Crippen LogP contribution < -0.4 is 11.3 Å². The molecule has 6 nitrogen and oxygen atoms in total. The molecule has 1 atom stereocenters. The lowest BCUT2D eigenvalue weighted by molar-refractivity contribution is -0.126. The van der Waals surface area contributed by atoms with E-state index < -0.39 is 0 Å². The molecule has 6 heteroatoms. The van der Waals surface area contributed by atoms with Gasteiger partial charge in [0.2, 0.25) is 5.91 Å². The third kappa shape index (κ3) is 1.37. The van der Waals surface area contributed by atoms with Crippen molar-refractivity contribution in [3.63, 3.8) is 0 Å². The van der Waals surface area contributed by atoms with E-state index in [9.17, 15) is 4.79 Å². The standard InChI is InChI=1S/C8H13N5O/c1-5-11-12-7-3-2-6(4-13(5)7)8(14)10-9/h6H,2-4,9H2,1H3,(H,10,14)/t6-/m0/s1. The van der Waals surface area contributed by atoms with Gasteiger partial charge in [0.25, 0.3) is 0 Å². The number of carbonyl (C=O) groups excluding carboxylic acids is 1. The SMILES string of the molecule is Cc1nnc2n1C[C@@H](C(=O)NN)CC2. The molecule has 1 aromatic heterocycles. The van der Waals surface area contributed by atoms with Crippen LogP contribution in [0.2, 0.25) is 0 Å². The van der Waals surface area contributed by atoms with Gasteiger partial charge in [-0.3, -0.25) is 10.2 Å². The lowest BCUT2D eigenvalue weighted by atomic mass is 9.99. The van der Waals surface area contributed by atoms with Gasteiger partial charge in [-0.1, -0.05) is 0 Å². The number of nitrogens with zero attached hydrogens (tertiary/aromatic N) is 3. The first kappa shape index (κ1) is 9.14. The largest absolute Gasteiger partial charge is 0.314 e.